The zero-order valence-electron chi connectivity index (χ0n) is 4.85. The van der Waals surface area contributed by atoms with Crippen molar-refractivity contribution < 1.29 is 4.79 Å². The van der Waals surface area contributed by atoms with Crippen LogP contribution in [0.4, 0.5) is 0 Å². The molecule has 0 spiro atoms. The Labute approximate surface area is 49.3 Å². The summed E-state index contributed by atoms with van der Waals surface area (Å²) in [6.45, 7) is 0. The SMILES string of the molecule is C#CC[C@@H](C=O)NC. The van der Waals surface area contributed by atoms with Gasteiger partial charge in [0.1, 0.15) is 6.29 Å². The zero-order valence-corrected chi connectivity index (χ0v) is 4.85. The highest BCUT2D eigenvalue weighted by molar-refractivity contribution is 5.57. The molecule has 0 rings (SSSR count). The van der Waals surface area contributed by atoms with Gasteiger partial charge in [-0.1, -0.05) is 0 Å². The standard InChI is InChI=1S/C6H9NO/c1-3-4-6(5-8)7-2/h1,5-7H,4H2,2H3/t6-/m0/s1. The Balaban J connectivity index is 3.40. The van der Waals surface area contributed by atoms with Crippen molar-refractivity contribution in [2.45, 2.75) is 12.5 Å². The lowest BCUT2D eigenvalue weighted by atomic mass is 10.2. The van der Waals surface area contributed by atoms with E-state index in [9.17, 15) is 4.79 Å². The van der Waals surface area contributed by atoms with Gasteiger partial charge in [-0.3, -0.25) is 0 Å². The van der Waals surface area contributed by atoms with Gasteiger partial charge in [0.2, 0.25) is 0 Å². The maximum Gasteiger partial charge on any atom is 0.137 e. The molecule has 0 fully saturated rings. The number of likely N-dealkylation sites (N-methyl/N-ethyl adjacent to an activating group) is 1. The van der Waals surface area contributed by atoms with Crippen molar-refractivity contribution in [3.05, 3.63) is 0 Å². The largest absolute Gasteiger partial charge is 0.310 e. The van der Waals surface area contributed by atoms with Crippen molar-refractivity contribution in [1.29, 1.82) is 0 Å². The van der Waals surface area contributed by atoms with Crippen LogP contribution in [0.1, 0.15) is 6.42 Å². The van der Waals surface area contributed by atoms with E-state index in [2.05, 4.69) is 11.2 Å². The quantitative estimate of drug-likeness (QED) is 0.403. The molecule has 0 aliphatic heterocycles. The van der Waals surface area contributed by atoms with Crippen LogP contribution in [-0.4, -0.2) is 19.4 Å². The number of hydrogen-bond acceptors (Lipinski definition) is 2. The molecule has 2 heteroatoms. The van der Waals surface area contributed by atoms with E-state index in [1.165, 1.54) is 0 Å². The lowest BCUT2D eigenvalue weighted by molar-refractivity contribution is -0.109. The molecule has 0 unspecified atom stereocenters. The van der Waals surface area contributed by atoms with Crippen molar-refractivity contribution in [2.75, 3.05) is 7.05 Å². The molecule has 0 radical (unpaired) electrons. The van der Waals surface area contributed by atoms with Crippen molar-refractivity contribution in [3.63, 3.8) is 0 Å². The number of aldehydes is 1. The first-order valence-electron chi connectivity index (χ1n) is 2.41. The van der Waals surface area contributed by atoms with E-state index in [1.807, 2.05) is 0 Å². The van der Waals surface area contributed by atoms with E-state index in [0.29, 0.717) is 6.42 Å². The first-order chi connectivity index (χ1) is 3.85. The average Bonchev–Trinajstić information content (AvgIpc) is 1.83. The van der Waals surface area contributed by atoms with E-state index < -0.39 is 0 Å². The summed E-state index contributed by atoms with van der Waals surface area (Å²) in [7, 11) is 1.70. The highest BCUT2D eigenvalue weighted by atomic mass is 16.1. The fraction of sp³-hybridized carbons (Fsp3) is 0.500. The summed E-state index contributed by atoms with van der Waals surface area (Å²) in [6.07, 6.45) is 6.21. The summed E-state index contributed by atoms with van der Waals surface area (Å²) in [5.41, 5.74) is 0. The Bertz CT molecular complexity index is 104. The predicted molar refractivity (Wildman–Crippen MR) is 32.4 cm³/mol. The third-order valence-corrected chi connectivity index (χ3v) is 0.873. The fourth-order valence-electron chi connectivity index (χ4n) is 0.345. The molecule has 0 aliphatic rings. The minimum atomic E-state index is -0.167. The molecule has 8 heavy (non-hydrogen) atoms. The molecule has 0 aromatic rings. The Hall–Kier alpha value is -0.810. The van der Waals surface area contributed by atoms with Crippen molar-refractivity contribution >= 4 is 6.29 Å². The van der Waals surface area contributed by atoms with Gasteiger partial charge in [0, 0.05) is 6.42 Å². The summed E-state index contributed by atoms with van der Waals surface area (Å²) in [5.74, 6) is 2.38. The molecule has 0 bridgehead atoms. The second-order valence-electron chi connectivity index (χ2n) is 1.44. The van der Waals surface area contributed by atoms with E-state index >= 15 is 0 Å². The molecule has 0 aliphatic carbocycles. The van der Waals surface area contributed by atoms with Crippen molar-refractivity contribution in [2.24, 2.45) is 0 Å². The smallest absolute Gasteiger partial charge is 0.137 e. The van der Waals surface area contributed by atoms with E-state index in [0.717, 1.165) is 6.29 Å². The van der Waals surface area contributed by atoms with Crippen LogP contribution in [0, 0.1) is 12.3 Å². The summed E-state index contributed by atoms with van der Waals surface area (Å²) in [5, 5.41) is 2.74. The molecule has 1 N–H and O–H groups in total. The second-order valence-corrected chi connectivity index (χ2v) is 1.44. The topological polar surface area (TPSA) is 29.1 Å². The highest BCUT2D eigenvalue weighted by Gasteiger charge is 1.97. The number of hydrogen-bond donors (Lipinski definition) is 1. The van der Waals surface area contributed by atoms with E-state index in [4.69, 9.17) is 6.42 Å². The normalized spacial score (nSPS) is 12.0. The molecule has 0 amide bonds. The summed E-state index contributed by atoms with van der Waals surface area (Å²) in [6, 6.07) is -0.167. The molecule has 2 nitrogen and oxygen atoms in total. The minimum absolute atomic E-state index is 0.167. The Morgan fingerprint density at radius 1 is 2.00 bits per heavy atom. The van der Waals surface area contributed by atoms with Crippen LogP contribution >= 0.6 is 0 Å². The van der Waals surface area contributed by atoms with Crippen LogP contribution in [0.3, 0.4) is 0 Å². The number of nitrogens with one attached hydrogen (secondary N) is 1. The van der Waals surface area contributed by atoms with Gasteiger partial charge < -0.3 is 10.1 Å². The maximum absolute atomic E-state index is 9.97. The summed E-state index contributed by atoms with van der Waals surface area (Å²) in [4.78, 5) is 9.97. The first-order valence-corrected chi connectivity index (χ1v) is 2.41. The molecule has 0 heterocycles. The molecule has 0 saturated carbocycles. The van der Waals surface area contributed by atoms with Crippen LogP contribution in [0.15, 0.2) is 0 Å². The fourth-order valence-corrected chi connectivity index (χ4v) is 0.345. The number of carbonyl (C=O) groups is 1. The number of rotatable bonds is 3. The first kappa shape index (κ1) is 7.19. The molecular weight excluding hydrogens is 102 g/mol. The number of terminal acetylenes is 1. The monoisotopic (exact) mass is 111 g/mol. The van der Waals surface area contributed by atoms with Gasteiger partial charge >= 0.3 is 0 Å². The Morgan fingerprint density at radius 2 is 2.62 bits per heavy atom. The van der Waals surface area contributed by atoms with Gasteiger partial charge in [0.25, 0.3) is 0 Å². The van der Waals surface area contributed by atoms with Crippen LogP contribution < -0.4 is 5.32 Å². The molecule has 44 valence electrons. The van der Waals surface area contributed by atoms with Crippen LogP contribution in [0.2, 0.25) is 0 Å². The third-order valence-electron chi connectivity index (χ3n) is 0.873. The van der Waals surface area contributed by atoms with Gasteiger partial charge in [-0.25, -0.2) is 0 Å². The molecular formula is C6H9NO. The average molecular weight is 111 g/mol. The van der Waals surface area contributed by atoms with Gasteiger partial charge in [-0.05, 0) is 7.05 Å². The van der Waals surface area contributed by atoms with E-state index in [1.54, 1.807) is 7.05 Å². The van der Waals surface area contributed by atoms with Gasteiger partial charge in [-0.2, -0.15) is 0 Å². The number of carbonyl (C=O) groups excluding carboxylic acids is 1. The molecule has 1 atom stereocenters. The minimum Gasteiger partial charge on any atom is -0.310 e. The summed E-state index contributed by atoms with van der Waals surface area (Å²) >= 11 is 0. The molecule has 0 saturated heterocycles. The lowest BCUT2D eigenvalue weighted by Gasteiger charge is -2.00. The second kappa shape index (κ2) is 4.35. The highest BCUT2D eigenvalue weighted by Crippen LogP contribution is 1.81. The maximum atomic E-state index is 9.97. The Morgan fingerprint density at radius 3 is 2.75 bits per heavy atom. The van der Waals surface area contributed by atoms with Crippen LogP contribution in [0.5, 0.6) is 0 Å². The summed E-state index contributed by atoms with van der Waals surface area (Å²) < 4.78 is 0. The predicted octanol–water partition coefficient (Wildman–Crippen LogP) is -0.203. The van der Waals surface area contributed by atoms with E-state index in [-0.39, 0.29) is 6.04 Å². The van der Waals surface area contributed by atoms with Gasteiger partial charge in [-0.15, -0.1) is 12.3 Å². The van der Waals surface area contributed by atoms with Crippen molar-refractivity contribution in [1.82, 2.24) is 5.32 Å². The Kier molecular flexibility index (Phi) is 3.91. The van der Waals surface area contributed by atoms with Gasteiger partial charge in [0.15, 0.2) is 0 Å². The van der Waals surface area contributed by atoms with Crippen LogP contribution in [0.25, 0.3) is 0 Å². The van der Waals surface area contributed by atoms with Crippen LogP contribution in [-0.2, 0) is 4.79 Å². The molecule has 0 aromatic heterocycles. The molecule has 0 aromatic carbocycles. The lowest BCUT2D eigenvalue weighted by Crippen LogP contribution is -2.25. The third kappa shape index (κ3) is 2.38. The van der Waals surface area contributed by atoms with Gasteiger partial charge in [0.05, 0.1) is 6.04 Å². The zero-order chi connectivity index (χ0) is 6.41. The van der Waals surface area contributed by atoms with Crippen molar-refractivity contribution in [3.8, 4) is 12.3 Å².